The summed E-state index contributed by atoms with van der Waals surface area (Å²) in [5.74, 6) is 1.57. The zero-order valence-corrected chi connectivity index (χ0v) is 18.0. The quantitative estimate of drug-likeness (QED) is 0.628. The molecule has 152 valence electrons. The Morgan fingerprint density at radius 1 is 1.18 bits per heavy atom. The van der Waals surface area contributed by atoms with E-state index in [1.165, 1.54) is 4.88 Å². The van der Waals surface area contributed by atoms with Crippen molar-refractivity contribution in [3.8, 4) is 11.5 Å². The molecular weight excluding hydrogens is 394 g/mol. The number of morpholine rings is 1. The average molecular weight is 422 g/mol. The van der Waals surface area contributed by atoms with Gasteiger partial charge in [0.2, 0.25) is 0 Å². The lowest BCUT2D eigenvalue weighted by molar-refractivity contribution is 0.122. The first-order valence-corrected chi connectivity index (χ1v) is 10.8. The van der Waals surface area contributed by atoms with Crippen molar-refractivity contribution in [2.24, 2.45) is 0 Å². The number of rotatable bonds is 8. The zero-order valence-electron chi connectivity index (χ0n) is 16.3. The second-order valence-electron chi connectivity index (χ2n) is 6.17. The van der Waals surface area contributed by atoms with E-state index in [0.29, 0.717) is 38.1 Å². The van der Waals surface area contributed by atoms with Crippen LogP contribution in [0.25, 0.3) is 0 Å². The molecule has 1 aromatic heterocycles. The first-order chi connectivity index (χ1) is 13.7. The monoisotopic (exact) mass is 421 g/mol. The second-order valence-corrected chi connectivity index (χ2v) is 7.61. The van der Waals surface area contributed by atoms with Crippen LogP contribution < -0.4 is 25.0 Å². The van der Waals surface area contributed by atoms with E-state index < -0.39 is 0 Å². The largest absolute Gasteiger partial charge is 0.492 e. The standard InChI is InChI=1S/C20H27N3O3S2/c1-3-25-18-13-17(23-7-9-24-10-8-23)19(26-4-2)12-16(18)22-20(27)21-14-15-6-5-11-28-15/h5-6,11-13H,3-4,7-10,14H2,1-2H3,(H2,21,22,27). The summed E-state index contributed by atoms with van der Waals surface area (Å²) in [4.78, 5) is 3.50. The van der Waals surface area contributed by atoms with Crippen LogP contribution in [0.5, 0.6) is 11.5 Å². The molecule has 6 nitrogen and oxygen atoms in total. The fourth-order valence-corrected chi connectivity index (χ4v) is 3.82. The molecule has 0 aliphatic carbocycles. The van der Waals surface area contributed by atoms with Crippen LogP contribution >= 0.6 is 23.6 Å². The van der Waals surface area contributed by atoms with Crippen molar-refractivity contribution >= 4 is 40.0 Å². The predicted molar refractivity (Wildman–Crippen MR) is 119 cm³/mol. The number of nitrogens with zero attached hydrogens (tertiary/aromatic N) is 1. The van der Waals surface area contributed by atoms with E-state index in [1.807, 2.05) is 32.0 Å². The van der Waals surface area contributed by atoms with E-state index in [-0.39, 0.29) is 0 Å². The molecule has 0 amide bonds. The van der Waals surface area contributed by atoms with Gasteiger partial charge in [0, 0.05) is 30.1 Å². The van der Waals surface area contributed by atoms with Gasteiger partial charge in [-0.3, -0.25) is 0 Å². The Bertz CT molecular complexity index is 762. The Morgan fingerprint density at radius 3 is 2.61 bits per heavy atom. The van der Waals surface area contributed by atoms with Crippen LogP contribution in [0.4, 0.5) is 11.4 Å². The molecule has 1 aliphatic rings. The number of benzene rings is 1. The maximum absolute atomic E-state index is 5.92. The van der Waals surface area contributed by atoms with E-state index in [1.54, 1.807) is 11.3 Å². The first-order valence-electron chi connectivity index (χ1n) is 9.54. The molecule has 1 aliphatic heterocycles. The summed E-state index contributed by atoms with van der Waals surface area (Å²) in [5.41, 5.74) is 1.82. The Hall–Kier alpha value is -2.03. The minimum absolute atomic E-state index is 0.552. The van der Waals surface area contributed by atoms with Gasteiger partial charge in [-0.25, -0.2) is 0 Å². The molecule has 2 heterocycles. The van der Waals surface area contributed by atoms with E-state index in [4.69, 9.17) is 26.4 Å². The Labute approximate surface area is 175 Å². The first kappa shape index (κ1) is 20.7. The Balaban J connectivity index is 1.79. The smallest absolute Gasteiger partial charge is 0.171 e. The number of nitrogens with one attached hydrogen (secondary N) is 2. The van der Waals surface area contributed by atoms with E-state index in [2.05, 4.69) is 27.0 Å². The highest BCUT2D eigenvalue weighted by Gasteiger charge is 2.20. The average Bonchev–Trinajstić information content (AvgIpc) is 3.23. The summed E-state index contributed by atoms with van der Waals surface area (Å²) in [5, 5.41) is 9.11. The maximum Gasteiger partial charge on any atom is 0.171 e. The lowest BCUT2D eigenvalue weighted by atomic mass is 10.2. The topological polar surface area (TPSA) is 55.0 Å². The third-order valence-corrected chi connectivity index (χ3v) is 5.39. The molecule has 1 saturated heterocycles. The third kappa shape index (κ3) is 5.50. The van der Waals surface area contributed by atoms with Gasteiger partial charge in [0.05, 0.1) is 44.3 Å². The lowest BCUT2D eigenvalue weighted by Gasteiger charge is -2.31. The molecule has 0 radical (unpaired) electrons. The van der Waals surface area contributed by atoms with Crippen molar-refractivity contribution in [3.63, 3.8) is 0 Å². The van der Waals surface area contributed by atoms with Crippen molar-refractivity contribution in [1.29, 1.82) is 0 Å². The molecule has 0 bridgehead atoms. The molecule has 8 heteroatoms. The Morgan fingerprint density at radius 2 is 1.93 bits per heavy atom. The van der Waals surface area contributed by atoms with Gasteiger partial charge in [0.15, 0.2) is 5.11 Å². The molecule has 1 fully saturated rings. The van der Waals surface area contributed by atoms with Gasteiger partial charge >= 0.3 is 0 Å². The molecule has 0 saturated carbocycles. The summed E-state index contributed by atoms with van der Waals surface area (Å²) in [6.45, 7) is 8.91. The molecule has 1 aromatic carbocycles. The summed E-state index contributed by atoms with van der Waals surface area (Å²) in [7, 11) is 0. The van der Waals surface area contributed by atoms with Crippen LogP contribution in [0.15, 0.2) is 29.6 Å². The van der Waals surface area contributed by atoms with Crippen molar-refractivity contribution in [1.82, 2.24) is 5.32 Å². The van der Waals surface area contributed by atoms with E-state index in [0.717, 1.165) is 36.0 Å². The van der Waals surface area contributed by atoms with Crippen LogP contribution in [0.2, 0.25) is 0 Å². The minimum atomic E-state index is 0.552. The Kier molecular flexibility index (Phi) is 7.76. The van der Waals surface area contributed by atoms with Crippen LogP contribution in [0.1, 0.15) is 18.7 Å². The van der Waals surface area contributed by atoms with Crippen molar-refractivity contribution < 1.29 is 14.2 Å². The van der Waals surface area contributed by atoms with Crippen molar-refractivity contribution in [2.75, 3.05) is 49.7 Å². The van der Waals surface area contributed by atoms with E-state index in [9.17, 15) is 0 Å². The highest BCUT2D eigenvalue weighted by molar-refractivity contribution is 7.80. The number of hydrogen-bond donors (Lipinski definition) is 2. The highest BCUT2D eigenvalue weighted by Crippen LogP contribution is 2.39. The molecule has 0 spiro atoms. The third-order valence-electron chi connectivity index (χ3n) is 4.26. The molecule has 2 N–H and O–H groups in total. The van der Waals surface area contributed by atoms with E-state index >= 15 is 0 Å². The van der Waals surface area contributed by atoms with Crippen LogP contribution in [0, 0.1) is 0 Å². The summed E-state index contributed by atoms with van der Waals surface area (Å²) < 4.78 is 17.3. The molecule has 0 atom stereocenters. The number of ether oxygens (including phenoxy) is 3. The fraction of sp³-hybridized carbons (Fsp3) is 0.450. The van der Waals surface area contributed by atoms with Gasteiger partial charge in [-0.2, -0.15) is 0 Å². The molecule has 2 aromatic rings. The molecular formula is C20H27N3O3S2. The number of anilines is 2. The lowest BCUT2D eigenvalue weighted by Crippen LogP contribution is -2.36. The van der Waals surface area contributed by atoms with Gasteiger partial charge in [-0.05, 0) is 37.5 Å². The molecule has 3 rings (SSSR count). The van der Waals surface area contributed by atoms with Crippen LogP contribution in [0.3, 0.4) is 0 Å². The van der Waals surface area contributed by atoms with Crippen LogP contribution in [-0.2, 0) is 11.3 Å². The number of thiocarbonyl (C=S) groups is 1. The predicted octanol–water partition coefficient (Wildman–Crippen LogP) is 3.87. The van der Waals surface area contributed by atoms with Crippen LogP contribution in [-0.4, -0.2) is 44.6 Å². The molecule has 28 heavy (non-hydrogen) atoms. The number of thiophene rings is 1. The fourth-order valence-electron chi connectivity index (χ4n) is 2.99. The molecule has 0 unspecified atom stereocenters. The van der Waals surface area contributed by atoms with Gasteiger partial charge in [0.25, 0.3) is 0 Å². The minimum Gasteiger partial charge on any atom is -0.492 e. The number of hydrogen-bond acceptors (Lipinski definition) is 6. The normalized spacial score (nSPS) is 13.9. The van der Waals surface area contributed by atoms with Crippen molar-refractivity contribution in [2.45, 2.75) is 20.4 Å². The highest BCUT2D eigenvalue weighted by atomic mass is 32.1. The van der Waals surface area contributed by atoms with Crippen molar-refractivity contribution in [3.05, 3.63) is 34.5 Å². The summed E-state index contributed by atoms with van der Waals surface area (Å²) >= 11 is 7.18. The zero-order chi connectivity index (χ0) is 19.8. The SMILES string of the molecule is CCOc1cc(N2CCOCC2)c(OCC)cc1NC(=S)NCc1cccs1. The van der Waals surface area contributed by atoms with Gasteiger partial charge < -0.3 is 29.7 Å². The van der Waals surface area contributed by atoms with Gasteiger partial charge in [0.1, 0.15) is 11.5 Å². The summed E-state index contributed by atoms with van der Waals surface area (Å²) in [6, 6.07) is 8.11. The summed E-state index contributed by atoms with van der Waals surface area (Å²) in [6.07, 6.45) is 0. The maximum atomic E-state index is 5.92. The van der Waals surface area contributed by atoms with Gasteiger partial charge in [-0.1, -0.05) is 6.07 Å². The second kappa shape index (κ2) is 10.5. The van der Waals surface area contributed by atoms with Gasteiger partial charge in [-0.15, -0.1) is 11.3 Å².